The summed E-state index contributed by atoms with van der Waals surface area (Å²) in [5, 5.41) is 4.47. The molecule has 42 heavy (non-hydrogen) atoms. The molecule has 8 nitrogen and oxygen atoms in total. The molecule has 3 atom stereocenters. The molecule has 2 aromatic heterocycles. The Labute approximate surface area is 258 Å². The standard InChI is InChI=1S/C15H26N4.C15H25N3.C3H9N.B/c1-11-13(16)15(12-5-8-17-19(11)12)6-9-18(10-7-15)14(2,3)4;1-14(2,3)18-9-6-15(7-10-18)12(16)11-17-8-4-5-13(15)17;1-3(2)4;/h5,8,11,13H,6-7,9-10,16H2,1-4H3;4-5,8,12H,6-7,9-11,16H2,1-3H3;3H,4H2,1-2H3;/t11?,13-;12-;;/m11../s1. The number of rotatable bonds is 0. The van der Waals surface area contributed by atoms with Gasteiger partial charge in [-0.05, 0) is 125 Å². The van der Waals surface area contributed by atoms with Gasteiger partial charge < -0.3 is 21.8 Å². The molecule has 0 aliphatic carbocycles. The minimum atomic E-state index is 0. The second kappa shape index (κ2) is 12.8. The zero-order valence-corrected chi connectivity index (χ0v) is 28.1. The molecule has 0 amide bonds. The highest BCUT2D eigenvalue weighted by atomic mass is 15.3. The summed E-state index contributed by atoms with van der Waals surface area (Å²) in [5.41, 5.74) is 21.9. The minimum absolute atomic E-state index is 0. The Balaban J connectivity index is 0.000000201. The smallest absolute Gasteiger partial charge is 0.0654 e. The van der Waals surface area contributed by atoms with Gasteiger partial charge in [0.2, 0.25) is 0 Å². The molecular formula is C33H60BN8. The third kappa shape index (κ3) is 6.56. The Bertz CT molecular complexity index is 1120. The van der Waals surface area contributed by atoms with Crippen LogP contribution in [0, 0.1) is 0 Å². The molecule has 6 rings (SSSR count). The summed E-state index contributed by atoms with van der Waals surface area (Å²) in [6.07, 6.45) is 8.82. The predicted molar refractivity (Wildman–Crippen MR) is 177 cm³/mol. The van der Waals surface area contributed by atoms with E-state index in [9.17, 15) is 0 Å². The average molecular weight is 580 g/mol. The van der Waals surface area contributed by atoms with Crippen LogP contribution in [0.4, 0.5) is 0 Å². The molecule has 2 spiro atoms. The number of fused-ring (bicyclic) bond motifs is 4. The maximum absolute atomic E-state index is 6.56. The van der Waals surface area contributed by atoms with Crippen molar-refractivity contribution in [3.8, 4) is 0 Å². The van der Waals surface area contributed by atoms with E-state index >= 15 is 0 Å². The molecule has 9 heteroatoms. The van der Waals surface area contributed by atoms with Crippen LogP contribution in [0.5, 0.6) is 0 Å². The minimum Gasteiger partial charge on any atom is -0.349 e. The average Bonchev–Trinajstić information content (AvgIpc) is 3.64. The number of piperidine rings is 2. The monoisotopic (exact) mass is 580 g/mol. The van der Waals surface area contributed by atoms with Crippen molar-refractivity contribution >= 4 is 8.41 Å². The van der Waals surface area contributed by atoms with Crippen LogP contribution in [-0.4, -0.2) is 87.9 Å². The van der Waals surface area contributed by atoms with E-state index in [-0.39, 0.29) is 36.4 Å². The van der Waals surface area contributed by atoms with E-state index in [0.29, 0.717) is 18.1 Å². The lowest BCUT2D eigenvalue weighted by atomic mass is 9.70. The van der Waals surface area contributed by atoms with Gasteiger partial charge >= 0.3 is 0 Å². The van der Waals surface area contributed by atoms with E-state index in [4.69, 9.17) is 17.2 Å². The van der Waals surface area contributed by atoms with Gasteiger partial charge in [-0.2, -0.15) is 5.10 Å². The SMILES string of the molecule is CC(C)(C)N1CCC2(CC1)c1cccn1C[C@H]2N.CC(C)N.CC1[C@@H](N)C2(CCN(C(C)(C)C)CC2)c2ccnn21.[B]. The molecule has 6 heterocycles. The maximum atomic E-state index is 6.56. The molecule has 4 aliphatic heterocycles. The van der Waals surface area contributed by atoms with Crippen LogP contribution in [0.25, 0.3) is 0 Å². The van der Waals surface area contributed by atoms with Crippen LogP contribution in [-0.2, 0) is 17.4 Å². The van der Waals surface area contributed by atoms with Crippen molar-refractivity contribution < 1.29 is 0 Å². The number of aromatic nitrogens is 3. The first kappa shape index (κ1) is 34.8. The molecular weight excluding hydrogens is 519 g/mol. The lowest BCUT2D eigenvalue weighted by Crippen LogP contribution is -2.55. The molecule has 1 unspecified atom stereocenters. The summed E-state index contributed by atoms with van der Waals surface area (Å²) in [6.45, 7) is 25.5. The summed E-state index contributed by atoms with van der Waals surface area (Å²) >= 11 is 0. The summed E-state index contributed by atoms with van der Waals surface area (Å²) < 4.78 is 4.51. The van der Waals surface area contributed by atoms with Gasteiger partial charge in [-0.25, -0.2) is 0 Å². The zero-order chi connectivity index (χ0) is 30.4. The molecule has 3 radical (unpaired) electrons. The highest BCUT2D eigenvalue weighted by Crippen LogP contribution is 2.47. The van der Waals surface area contributed by atoms with Crippen LogP contribution in [0.1, 0.15) is 105 Å². The van der Waals surface area contributed by atoms with Crippen molar-refractivity contribution in [3.05, 3.63) is 42.0 Å². The molecule has 2 aromatic rings. The number of hydrogen-bond donors (Lipinski definition) is 3. The fraction of sp³-hybridized carbons (Fsp3) is 0.788. The Morgan fingerprint density at radius 3 is 1.79 bits per heavy atom. The zero-order valence-electron chi connectivity index (χ0n) is 28.1. The van der Waals surface area contributed by atoms with Gasteiger partial charge in [0.15, 0.2) is 0 Å². The van der Waals surface area contributed by atoms with Crippen molar-refractivity contribution in [2.75, 3.05) is 26.2 Å². The third-order valence-electron chi connectivity index (χ3n) is 10.4. The molecule has 2 fully saturated rings. The van der Waals surface area contributed by atoms with Crippen LogP contribution in [0.3, 0.4) is 0 Å². The quantitative estimate of drug-likeness (QED) is 0.410. The van der Waals surface area contributed by atoms with Crippen molar-refractivity contribution in [1.29, 1.82) is 0 Å². The highest BCUT2D eigenvalue weighted by Gasteiger charge is 2.52. The van der Waals surface area contributed by atoms with E-state index in [1.807, 2.05) is 20.0 Å². The third-order valence-corrected chi connectivity index (χ3v) is 10.4. The van der Waals surface area contributed by atoms with Crippen LogP contribution in [0.2, 0.25) is 0 Å². The fourth-order valence-corrected chi connectivity index (χ4v) is 7.79. The molecule has 0 aromatic carbocycles. The molecule has 4 aliphatic rings. The fourth-order valence-electron chi connectivity index (χ4n) is 7.79. The first-order valence-corrected chi connectivity index (χ1v) is 16.0. The van der Waals surface area contributed by atoms with E-state index in [2.05, 4.69) is 97.0 Å². The highest BCUT2D eigenvalue weighted by molar-refractivity contribution is 5.75. The number of nitrogens with two attached hydrogens (primary N) is 3. The van der Waals surface area contributed by atoms with Gasteiger partial charge in [0.05, 0.1) is 6.04 Å². The van der Waals surface area contributed by atoms with E-state index < -0.39 is 0 Å². The van der Waals surface area contributed by atoms with E-state index in [1.165, 1.54) is 37.3 Å². The predicted octanol–water partition coefficient (Wildman–Crippen LogP) is 3.85. The molecule has 2 saturated heterocycles. The van der Waals surface area contributed by atoms with Crippen LogP contribution < -0.4 is 17.2 Å². The van der Waals surface area contributed by atoms with Gasteiger partial charge in [-0.3, -0.25) is 14.5 Å². The number of likely N-dealkylation sites (tertiary alicyclic amines) is 2. The topological polar surface area (TPSA) is 107 Å². The lowest BCUT2D eigenvalue weighted by Gasteiger charge is -2.46. The Hall–Kier alpha value is -1.65. The summed E-state index contributed by atoms with van der Waals surface area (Å²) in [7, 11) is 0. The molecule has 0 bridgehead atoms. The van der Waals surface area contributed by atoms with Crippen molar-refractivity contribution in [3.63, 3.8) is 0 Å². The van der Waals surface area contributed by atoms with Crippen molar-refractivity contribution in [2.24, 2.45) is 17.2 Å². The van der Waals surface area contributed by atoms with Gasteiger partial charge in [0, 0.05) is 72.7 Å². The Morgan fingerprint density at radius 1 is 0.833 bits per heavy atom. The number of hydrogen-bond acceptors (Lipinski definition) is 6. The van der Waals surface area contributed by atoms with Gasteiger partial charge in [-0.1, -0.05) is 13.8 Å². The largest absolute Gasteiger partial charge is 0.349 e. The van der Waals surface area contributed by atoms with Gasteiger partial charge in [-0.15, -0.1) is 0 Å². The summed E-state index contributed by atoms with van der Waals surface area (Å²) in [6, 6.07) is 7.79. The van der Waals surface area contributed by atoms with Crippen molar-refractivity contribution in [2.45, 2.75) is 141 Å². The Kier molecular flexibility index (Phi) is 10.6. The van der Waals surface area contributed by atoms with Gasteiger partial charge in [0.1, 0.15) is 0 Å². The van der Waals surface area contributed by atoms with E-state index in [0.717, 1.165) is 32.5 Å². The Morgan fingerprint density at radius 2 is 1.31 bits per heavy atom. The summed E-state index contributed by atoms with van der Waals surface area (Å²) in [4.78, 5) is 5.17. The molecule has 6 N–H and O–H groups in total. The second-order valence-corrected chi connectivity index (χ2v) is 15.5. The van der Waals surface area contributed by atoms with Crippen LogP contribution in [0.15, 0.2) is 30.6 Å². The first-order valence-electron chi connectivity index (χ1n) is 16.0. The summed E-state index contributed by atoms with van der Waals surface area (Å²) in [5.74, 6) is 0. The normalized spacial score (nSPS) is 26.6. The first-order chi connectivity index (χ1) is 19.0. The maximum Gasteiger partial charge on any atom is 0.0654 e. The second-order valence-electron chi connectivity index (χ2n) is 15.5. The number of nitrogens with zero attached hydrogens (tertiary/aromatic N) is 5. The molecule has 0 saturated carbocycles. The van der Waals surface area contributed by atoms with Gasteiger partial charge in [0.25, 0.3) is 0 Å². The van der Waals surface area contributed by atoms with Crippen LogP contribution >= 0.6 is 0 Å². The van der Waals surface area contributed by atoms with Crippen molar-refractivity contribution in [1.82, 2.24) is 24.1 Å². The lowest BCUT2D eigenvalue weighted by molar-refractivity contribution is 0.0670. The molecule has 235 valence electrons. The van der Waals surface area contributed by atoms with E-state index in [1.54, 1.807) is 0 Å².